The molecule has 10 heavy (non-hydrogen) atoms. The van der Waals surface area contributed by atoms with Crippen molar-refractivity contribution in [2.24, 2.45) is 5.92 Å². The van der Waals surface area contributed by atoms with Gasteiger partial charge >= 0.3 is 0 Å². The van der Waals surface area contributed by atoms with Crippen molar-refractivity contribution in [1.82, 2.24) is 4.90 Å². The molecule has 1 heterocycles. The molecule has 1 unspecified atom stereocenters. The summed E-state index contributed by atoms with van der Waals surface area (Å²) in [7, 11) is 2.23. The van der Waals surface area contributed by atoms with E-state index in [9.17, 15) is 0 Å². The summed E-state index contributed by atoms with van der Waals surface area (Å²) >= 11 is 0. The molecule has 0 saturated carbocycles. The summed E-state index contributed by atoms with van der Waals surface area (Å²) in [5, 5.41) is 0. The zero-order valence-electron chi connectivity index (χ0n) is 7.30. The molecule has 0 spiro atoms. The Balaban J connectivity index is 0.000000810. The number of rotatable bonds is 1. The smallest absolute Gasteiger partial charge is 0.0116 e. The topological polar surface area (TPSA) is 3.24 Å². The van der Waals surface area contributed by atoms with Gasteiger partial charge in [0.25, 0.3) is 0 Å². The Morgan fingerprint density at radius 1 is 1.40 bits per heavy atom. The van der Waals surface area contributed by atoms with E-state index in [1.165, 1.54) is 19.4 Å². The van der Waals surface area contributed by atoms with Gasteiger partial charge in [0.1, 0.15) is 0 Å². The molecule has 1 saturated heterocycles. The van der Waals surface area contributed by atoms with Gasteiger partial charge in [0.2, 0.25) is 0 Å². The van der Waals surface area contributed by atoms with Crippen LogP contribution in [0.15, 0.2) is 0 Å². The minimum Gasteiger partial charge on any atom is -0.303 e. The predicted octanol–water partition coefficient (Wildman–Crippen LogP) is 1.73. The Bertz CT molecular complexity index is 93.3. The molecular weight excluding hydrogens is 199 g/mol. The van der Waals surface area contributed by atoms with Crippen molar-refractivity contribution in [2.45, 2.75) is 32.7 Å². The van der Waals surface area contributed by atoms with Gasteiger partial charge in [-0.15, -0.1) is 0 Å². The van der Waals surface area contributed by atoms with Gasteiger partial charge in [-0.2, -0.15) is 0 Å². The van der Waals surface area contributed by atoms with E-state index in [-0.39, 0.29) is 32.7 Å². The second kappa shape index (κ2) is 4.84. The van der Waals surface area contributed by atoms with E-state index in [4.69, 9.17) is 0 Å². The van der Waals surface area contributed by atoms with E-state index in [1.54, 1.807) is 0 Å². The molecule has 0 aromatic heterocycles. The summed E-state index contributed by atoms with van der Waals surface area (Å²) in [6, 6.07) is 0.866. The monoisotopic (exact) mass is 216 g/mol. The van der Waals surface area contributed by atoms with Gasteiger partial charge in [-0.05, 0) is 32.4 Å². The van der Waals surface area contributed by atoms with Crippen LogP contribution in [0.3, 0.4) is 0 Å². The van der Waals surface area contributed by atoms with Crippen molar-refractivity contribution in [3.63, 3.8) is 0 Å². The fourth-order valence-electron chi connectivity index (χ4n) is 1.78. The first-order valence-corrected chi connectivity index (χ1v) is 3.92. The van der Waals surface area contributed by atoms with Crippen molar-refractivity contribution in [2.75, 3.05) is 13.6 Å². The number of nitrogens with zero attached hydrogens (tertiary/aromatic N) is 1. The van der Waals surface area contributed by atoms with E-state index < -0.39 is 0 Å². The Kier molecular flexibility index (Phi) is 5.36. The van der Waals surface area contributed by atoms with Crippen LogP contribution in [0.4, 0.5) is 0 Å². The largest absolute Gasteiger partial charge is 0.303 e. The molecule has 0 amide bonds. The van der Waals surface area contributed by atoms with Crippen molar-refractivity contribution in [1.29, 1.82) is 0 Å². The van der Waals surface area contributed by atoms with Gasteiger partial charge < -0.3 is 4.90 Å². The second-order valence-electron chi connectivity index (χ2n) is 3.43. The Morgan fingerprint density at radius 2 is 2.00 bits per heavy atom. The quantitative estimate of drug-likeness (QED) is 0.645. The van der Waals surface area contributed by atoms with Crippen LogP contribution < -0.4 is 0 Å². The Morgan fingerprint density at radius 3 is 2.20 bits per heavy atom. The van der Waals surface area contributed by atoms with Gasteiger partial charge in [-0.1, -0.05) is 13.8 Å². The van der Waals surface area contributed by atoms with Crippen molar-refractivity contribution in [3.05, 3.63) is 0 Å². The molecule has 1 radical (unpaired) electrons. The Labute approximate surface area is 89.4 Å². The third kappa shape index (κ3) is 2.60. The third-order valence-corrected chi connectivity index (χ3v) is 2.35. The van der Waals surface area contributed by atoms with Crippen molar-refractivity contribution < 1.29 is 32.7 Å². The Hall–Kier alpha value is 1.06. The van der Waals surface area contributed by atoms with Crippen LogP contribution in [-0.2, 0) is 32.7 Å². The molecule has 0 aromatic carbocycles. The zero-order valence-corrected chi connectivity index (χ0v) is 10.1. The molecule has 1 aliphatic rings. The number of likely N-dealkylation sites (tertiary alicyclic amines) is 1. The fourth-order valence-corrected chi connectivity index (χ4v) is 1.78. The van der Waals surface area contributed by atoms with Crippen molar-refractivity contribution >= 4 is 0 Å². The maximum atomic E-state index is 2.48. The summed E-state index contributed by atoms with van der Waals surface area (Å²) in [5.41, 5.74) is 0. The molecule has 1 atom stereocenters. The van der Waals surface area contributed by atoms with Crippen LogP contribution in [0.25, 0.3) is 0 Å². The number of hydrogen-bond acceptors (Lipinski definition) is 1. The summed E-state index contributed by atoms with van der Waals surface area (Å²) in [6.07, 6.45) is 2.81. The molecular formula is C8H17NY. The average Bonchev–Trinajstić information content (AvgIpc) is 2.13. The second-order valence-corrected chi connectivity index (χ2v) is 3.43. The van der Waals surface area contributed by atoms with Crippen LogP contribution in [0, 0.1) is 5.92 Å². The zero-order chi connectivity index (χ0) is 6.85. The van der Waals surface area contributed by atoms with Gasteiger partial charge in [-0.25, -0.2) is 0 Å². The van der Waals surface area contributed by atoms with Crippen LogP contribution >= 0.6 is 0 Å². The van der Waals surface area contributed by atoms with Crippen LogP contribution in [0.1, 0.15) is 26.7 Å². The average molecular weight is 216 g/mol. The van der Waals surface area contributed by atoms with Gasteiger partial charge in [0, 0.05) is 38.8 Å². The van der Waals surface area contributed by atoms with E-state index in [0.29, 0.717) is 0 Å². The molecule has 0 N–H and O–H groups in total. The molecule has 1 nitrogen and oxygen atoms in total. The fraction of sp³-hybridized carbons (Fsp3) is 1.00. The molecule has 0 bridgehead atoms. The van der Waals surface area contributed by atoms with E-state index in [2.05, 4.69) is 25.8 Å². The van der Waals surface area contributed by atoms with Crippen LogP contribution in [-0.4, -0.2) is 24.5 Å². The van der Waals surface area contributed by atoms with E-state index in [0.717, 1.165) is 12.0 Å². The molecule has 0 aliphatic carbocycles. The predicted molar refractivity (Wildman–Crippen MR) is 40.5 cm³/mol. The minimum atomic E-state index is 0. The first-order chi connectivity index (χ1) is 4.22. The maximum absolute atomic E-state index is 2.48. The first kappa shape index (κ1) is 11.1. The van der Waals surface area contributed by atoms with Crippen LogP contribution in [0.2, 0.25) is 0 Å². The summed E-state index contributed by atoms with van der Waals surface area (Å²) in [6.45, 7) is 5.93. The number of hydrogen-bond donors (Lipinski definition) is 0. The van der Waals surface area contributed by atoms with E-state index in [1.807, 2.05) is 0 Å². The van der Waals surface area contributed by atoms with Gasteiger partial charge in [0.15, 0.2) is 0 Å². The van der Waals surface area contributed by atoms with Gasteiger partial charge in [-0.3, -0.25) is 0 Å². The maximum Gasteiger partial charge on any atom is 0.0116 e. The molecule has 0 aromatic rings. The third-order valence-electron chi connectivity index (χ3n) is 2.35. The molecule has 1 aliphatic heterocycles. The SMILES string of the molecule is CC(C)C1CCCN1C.[Y]. The standard InChI is InChI=1S/C8H17N.Y/c1-7(2)8-5-4-6-9(8)3;/h7-8H,4-6H2,1-3H3;. The van der Waals surface area contributed by atoms with Gasteiger partial charge in [0.05, 0.1) is 0 Å². The minimum absolute atomic E-state index is 0. The molecule has 2 heteroatoms. The van der Waals surface area contributed by atoms with Crippen molar-refractivity contribution in [3.8, 4) is 0 Å². The van der Waals surface area contributed by atoms with E-state index >= 15 is 0 Å². The molecule has 57 valence electrons. The molecule has 1 rings (SSSR count). The summed E-state index contributed by atoms with van der Waals surface area (Å²) < 4.78 is 0. The van der Waals surface area contributed by atoms with Crippen LogP contribution in [0.5, 0.6) is 0 Å². The normalized spacial score (nSPS) is 27.0. The summed E-state index contributed by atoms with van der Waals surface area (Å²) in [5.74, 6) is 0.845. The first-order valence-electron chi connectivity index (χ1n) is 3.92. The molecule has 1 fully saturated rings. The summed E-state index contributed by atoms with van der Waals surface area (Å²) in [4.78, 5) is 2.48.